The van der Waals surface area contributed by atoms with Crippen molar-refractivity contribution in [2.45, 2.75) is 12.5 Å². The van der Waals surface area contributed by atoms with E-state index in [9.17, 15) is 5.11 Å². The Balaban J connectivity index is 0.00000220. The number of nitrogens with zero attached hydrogens (tertiary/aromatic N) is 1. The fourth-order valence-corrected chi connectivity index (χ4v) is 2.83. The first kappa shape index (κ1) is 21.4. The van der Waals surface area contributed by atoms with E-state index >= 15 is 0 Å². The summed E-state index contributed by atoms with van der Waals surface area (Å²) in [6.45, 7) is 7.56. The van der Waals surface area contributed by atoms with Crippen LogP contribution in [0.25, 0.3) is 0 Å². The van der Waals surface area contributed by atoms with Gasteiger partial charge in [0.15, 0.2) is 0 Å². The zero-order chi connectivity index (χ0) is 14.5. The van der Waals surface area contributed by atoms with Gasteiger partial charge in [-0.05, 0) is 18.6 Å². The van der Waals surface area contributed by atoms with Crippen molar-refractivity contribution in [2.75, 3.05) is 33.3 Å². The minimum absolute atomic E-state index is 0. The highest BCUT2D eigenvalue weighted by atomic mass is 35.5. The molecule has 1 aromatic carbocycles. The van der Waals surface area contributed by atoms with Crippen molar-refractivity contribution in [3.8, 4) is 11.5 Å². The molecule has 2 N–H and O–H groups in total. The molecule has 7 heteroatoms. The number of hydrogen-bond donors (Lipinski definition) is 2. The average molecular weight is 370 g/mol. The van der Waals surface area contributed by atoms with Gasteiger partial charge in [0.1, 0.15) is 11.5 Å². The Morgan fingerprint density at radius 3 is 2.59 bits per heavy atom. The molecule has 1 fully saturated rings. The van der Waals surface area contributed by atoms with E-state index in [0.29, 0.717) is 10.8 Å². The first-order valence-corrected chi connectivity index (χ1v) is 7.17. The molecule has 1 aromatic rings. The lowest BCUT2D eigenvalue weighted by Crippen LogP contribution is -2.45. The largest absolute Gasteiger partial charge is 0.506 e. The summed E-state index contributed by atoms with van der Waals surface area (Å²) in [5.74, 6) is 0.772. The highest BCUT2D eigenvalue weighted by molar-refractivity contribution is 6.32. The van der Waals surface area contributed by atoms with Crippen LogP contribution in [0.1, 0.15) is 18.0 Å². The van der Waals surface area contributed by atoms with Crippen molar-refractivity contribution in [2.24, 2.45) is 0 Å². The lowest BCUT2D eigenvalue weighted by Gasteiger charge is -2.35. The molecule has 0 saturated carbocycles. The number of halogens is 3. The molecule has 2 rings (SSSR count). The summed E-state index contributed by atoms with van der Waals surface area (Å²) in [6.07, 6.45) is 2.61. The Kier molecular flexibility index (Phi) is 9.89. The molecule has 0 unspecified atom stereocenters. The van der Waals surface area contributed by atoms with Crippen molar-refractivity contribution in [1.29, 1.82) is 0 Å². The third-order valence-electron chi connectivity index (χ3n) is 3.66. The standard InChI is InChI=1S/C15H21ClN2O2.2ClH/c1-3-4-12(18-9-7-17-8-10-18)14-13(20-2)6-5-11(16)15(14)19;;/h3,5-6,12,17,19H,1,4,7-10H2,2H3;2*1H/t12-;;/m1../s1. The summed E-state index contributed by atoms with van der Waals surface area (Å²) >= 11 is 6.06. The van der Waals surface area contributed by atoms with Gasteiger partial charge in [-0.2, -0.15) is 0 Å². The summed E-state index contributed by atoms with van der Waals surface area (Å²) in [4.78, 5) is 2.33. The van der Waals surface area contributed by atoms with Crippen LogP contribution >= 0.6 is 36.4 Å². The number of aromatic hydroxyl groups is 1. The SMILES string of the molecule is C=CC[C@H](c1c(OC)ccc(Cl)c1O)N1CCNCC1.Cl.Cl. The zero-order valence-corrected chi connectivity index (χ0v) is 14.9. The van der Waals surface area contributed by atoms with Crippen molar-refractivity contribution < 1.29 is 9.84 Å². The molecule has 1 heterocycles. The molecule has 1 saturated heterocycles. The molecule has 0 spiro atoms. The Hall–Kier alpha value is -0.650. The molecular weight excluding hydrogens is 347 g/mol. The summed E-state index contributed by atoms with van der Waals surface area (Å²) in [5, 5.41) is 14.0. The normalized spacial score (nSPS) is 16.1. The van der Waals surface area contributed by atoms with Crippen LogP contribution in [0.4, 0.5) is 0 Å². The van der Waals surface area contributed by atoms with E-state index in [1.807, 2.05) is 6.08 Å². The van der Waals surface area contributed by atoms with Gasteiger partial charge in [-0.1, -0.05) is 17.7 Å². The summed E-state index contributed by atoms with van der Waals surface area (Å²) < 4.78 is 5.40. The maximum Gasteiger partial charge on any atom is 0.142 e. The van der Waals surface area contributed by atoms with Crippen molar-refractivity contribution in [3.05, 3.63) is 35.4 Å². The molecule has 0 radical (unpaired) electrons. The summed E-state index contributed by atoms with van der Waals surface area (Å²) in [7, 11) is 1.61. The van der Waals surface area contributed by atoms with Crippen LogP contribution in [0.5, 0.6) is 11.5 Å². The van der Waals surface area contributed by atoms with Gasteiger partial charge in [-0.3, -0.25) is 4.90 Å². The number of rotatable bonds is 5. The van der Waals surface area contributed by atoms with Gasteiger partial charge in [0, 0.05) is 32.2 Å². The number of nitrogens with one attached hydrogen (secondary N) is 1. The highest BCUT2D eigenvalue weighted by Gasteiger charge is 2.27. The third kappa shape index (κ3) is 4.67. The molecule has 1 atom stereocenters. The maximum absolute atomic E-state index is 10.3. The van der Waals surface area contributed by atoms with Gasteiger partial charge in [0.2, 0.25) is 0 Å². The van der Waals surface area contributed by atoms with Crippen LogP contribution in [0.15, 0.2) is 24.8 Å². The summed E-state index contributed by atoms with van der Waals surface area (Å²) in [6, 6.07) is 3.49. The van der Waals surface area contributed by atoms with Gasteiger partial charge >= 0.3 is 0 Å². The molecule has 22 heavy (non-hydrogen) atoms. The second-order valence-electron chi connectivity index (χ2n) is 4.84. The number of methoxy groups -OCH3 is 1. The second-order valence-corrected chi connectivity index (χ2v) is 5.25. The number of ether oxygens (including phenoxy) is 1. The van der Waals surface area contributed by atoms with Crippen molar-refractivity contribution in [1.82, 2.24) is 10.2 Å². The van der Waals surface area contributed by atoms with Gasteiger partial charge in [-0.15, -0.1) is 31.4 Å². The van der Waals surface area contributed by atoms with Crippen LogP contribution in [-0.4, -0.2) is 43.3 Å². The van der Waals surface area contributed by atoms with Crippen LogP contribution in [0, 0.1) is 0 Å². The first-order valence-electron chi connectivity index (χ1n) is 6.80. The lowest BCUT2D eigenvalue weighted by molar-refractivity contribution is 0.169. The predicted octanol–water partition coefficient (Wildman–Crippen LogP) is 3.42. The molecule has 1 aliphatic rings. The smallest absolute Gasteiger partial charge is 0.142 e. The van der Waals surface area contributed by atoms with E-state index in [4.69, 9.17) is 16.3 Å². The second kappa shape index (κ2) is 10.2. The Morgan fingerprint density at radius 2 is 2.05 bits per heavy atom. The van der Waals surface area contributed by atoms with E-state index in [0.717, 1.165) is 38.2 Å². The molecular formula is C15H23Cl3N2O2. The Morgan fingerprint density at radius 1 is 1.41 bits per heavy atom. The number of phenolic OH excluding ortho intramolecular Hbond substituents is 1. The Labute approximate surface area is 149 Å². The van der Waals surface area contributed by atoms with Crippen LogP contribution < -0.4 is 10.1 Å². The molecule has 1 aliphatic heterocycles. The maximum atomic E-state index is 10.3. The van der Waals surface area contributed by atoms with Gasteiger partial charge in [-0.25, -0.2) is 0 Å². The fourth-order valence-electron chi connectivity index (χ4n) is 2.66. The van der Waals surface area contributed by atoms with E-state index in [1.165, 1.54) is 0 Å². The Bertz CT molecular complexity index is 480. The summed E-state index contributed by atoms with van der Waals surface area (Å²) in [5.41, 5.74) is 0.752. The minimum atomic E-state index is 0. The number of phenols is 1. The first-order chi connectivity index (χ1) is 9.69. The van der Waals surface area contributed by atoms with E-state index in [2.05, 4.69) is 16.8 Å². The van der Waals surface area contributed by atoms with Gasteiger partial charge in [0.05, 0.1) is 17.7 Å². The fraction of sp³-hybridized carbons (Fsp3) is 0.467. The number of piperazine rings is 1. The minimum Gasteiger partial charge on any atom is -0.506 e. The molecule has 4 nitrogen and oxygen atoms in total. The van der Waals surface area contributed by atoms with Gasteiger partial charge in [0.25, 0.3) is 0 Å². The zero-order valence-electron chi connectivity index (χ0n) is 12.5. The predicted molar refractivity (Wildman–Crippen MR) is 96.2 cm³/mol. The number of benzene rings is 1. The van der Waals surface area contributed by atoms with Crippen LogP contribution in [0.3, 0.4) is 0 Å². The highest BCUT2D eigenvalue weighted by Crippen LogP contribution is 2.42. The van der Waals surface area contributed by atoms with Crippen molar-refractivity contribution in [3.63, 3.8) is 0 Å². The third-order valence-corrected chi connectivity index (χ3v) is 3.97. The molecule has 126 valence electrons. The lowest BCUT2D eigenvalue weighted by atomic mass is 9.99. The molecule has 0 amide bonds. The quantitative estimate of drug-likeness (QED) is 0.781. The topological polar surface area (TPSA) is 44.7 Å². The average Bonchev–Trinajstić information content (AvgIpc) is 2.49. The van der Waals surface area contributed by atoms with E-state index < -0.39 is 0 Å². The van der Waals surface area contributed by atoms with Crippen LogP contribution in [-0.2, 0) is 0 Å². The van der Waals surface area contributed by atoms with Crippen LogP contribution in [0.2, 0.25) is 5.02 Å². The van der Waals surface area contributed by atoms with Crippen molar-refractivity contribution >= 4 is 36.4 Å². The monoisotopic (exact) mass is 368 g/mol. The molecule has 0 bridgehead atoms. The number of hydrogen-bond acceptors (Lipinski definition) is 4. The van der Waals surface area contributed by atoms with E-state index in [1.54, 1.807) is 19.2 Å². The van der Waals surface area contributed by atoms with E-state index in [-0.39, 0.29) is 36.6 Å². The van der Waals surface area contributed by atoms with Gasteiger partial charge < -0.3 is 15.2 Å². The molecule has 0 aliphatic carbocycles. The molecule has 0 aromatic heterocycles.